The molecule has 0 aromatic rings. The zero-order valence-electron chi connectivity index (χ0n) is 6.56. The van der Waals surface area contributed by atoms with E-state index in [2.05, 4.69) is 33.0 Å². The second-order valence-electron chi connectivity index (χ2n) is 2.82. The van der Waals surface area contributed by atoms with Crippen LogP contribution in [0, 0.1) is 5.92 Å². The molecule has 0 aliphatic heterocycles. The molecule has 0 aliphatic carbocycles. The van der Waals surface area contributed by atoms with E-state index in [1.165, 1.54) is 0 Å². The summed E-state index contributed by atoms with van der Waals surface area (Å²) in [6.45, 7) is 8.37. The third-order valence-corrected chi connectivity index (χ3v) is 1.54. The van der Waals surface area contributed by atoms with Crippen molar-refractivity contribution in [1.29, 1.82) is 0 Å². The first-order valence-corrected chi connectivity index (χ1v) is 3.75. The molecule has 0 amide bonds. The molecule has 0 aliphatic rings. The van der Waals surface area contributed by atoms with E-state index >= 15 is 0 Å². The lowest BCUT2D eigenvalue weighted by Gasteiger charge is -2.13. The third kappa shape index (κ3) is 4.40. The zero-order valence-corrected chi connectivity index (χ0v) is 7.38. The highest BCUT2D eigenvalue weighted by atomic mass is 32.1. The molecule has 0 aromatic carbocycles. The molecular weight excluding hydrogens is 130 g/mol. The molecule has 0 atom stereocenters. The van der Waals surface area contributed by atoms with Crippen LogP contribution in [0.3, 0.4) is 0 Å². The molecule has 2 heteroatoms. The van der Waals surface area contributed by atoms with Crippen LogP contribution in [0.5, 0.6) is 0 Å². The molecule has 1 N–H and O–H groups in total. The highest BCUT2D eigenvalue weighted by Crippen LogP contribution is 1.94. The molecule has 0 saturated heterocycles. The summed E-state index contributed by atoms with van der Waals surface area (Å²) in [5.74, 6) is 0.474. The van der Waals surface area contributed by atoms with E-state index in [4.69, 9.17) is 12.2 Å². The molecule has 0 unspecified atom stereocenters. The molecule has 0 radical (unpaired) electrons. The molecule has 9 heavy (non-hydrogen) atoms. The molecule has 54 valence electrons. The second kappa shape index (κ2) is 3.83. The first-order valence-electron chi connectivity index (χ1n) is 3.34. The summed E-state index contributed by atoms with van der Waals surface area (Å²) < 4.78 is 0. The lowest BCUT2D eigenvalue weighted by molar-refractivity contribution is 0.703. The summed E-state index contributed by atoms with van der Waals surface area (Å²) in [5.41, 5.74) is 0. The maximum atomic E-state index is 5.04. The van der Waals surface area contributed by atoms with Gasteiger partial charge in [0.1, 0.15) is 0 Å². The Morgan fingerprint density at radius 3 is 1.78 bits per heavy atom. The van der Waals surface area contributed by atoms with Crippen LogP contribution in [0.4, 0.5) is 0 Å². The van der Waals surface area contributed by atoms with Crippen molar-refractivity contribution in [3.05, 3.63) is 0 Å². The Morgan fingerprint density at radius 2 is 1.67 bits per heavy atom. The van der Waals surface area contributed by atoms with Crippen molar-refractivity contribution in [2.75, 3.05) is 0 Å². The molecule has 0 aromatic heterocycles. The van der Waals surface area contributed by atoms with Gasteiger partial charge in [-0.3, -0.25) is 0 Å². The highest BCUT2D eigenvalue weighted by molar-refractivity contribution is 7.80. The van der Waals surface area contributed by atoms with Crippen LogP contribution in [-0.4, -0.2) is 11.0 Å². The van der Waals surface area contributed by atoms with Gasteiger partial charge < -0.3 is 5.32 Å². The van der Waals surface area contributed by atoms with Crippen molar-refractivity contribution >= 4 is 17.2 Å². The first kappa shape index (κ1) is 8.89. The van der Waals surface area contributed by atoms with Crippen LogP contribution in [0.25, 0.3) is 0 Å². The molecular formula is C7H15NS. The largest absolute Gasteiger partial charge is 0.377 e. The minimum Gasteiger partial charge on any atom is -0.377 e. The summed E-state index contributed by atoms with van der Waals surface area (Å²) in [4.78, 5) is 0.963. The fourth-order valence-electron chi connectivity index (χ4n) is 0.451. The average molecular weight is 145 g/mol. The van der Waals surface area contributed by atoms with Gasteiger partial charge >= 0.3 is 0 Å². The predicted octanol–water partition coefficient (Wildman–Crippen LogP) is 1.97. The molecule has 0 bridgehead atoms. The Balaban J connectivity index is 3.51. The monoisotopic (exact) mass is 145 g/mol. The van der Waals surface area contributed by atoms with Gasteiger partial charge in [-0.15, -0.1) is 0 Å². The molecule has 0 spiro atoms. The summed E-state index contributed by atoms with van der Waals surface area (Å²) in [5, 5.41) is 3.17. The van der Waals surface area contributed by atoms with Crippen LogP contribution in [0.1, 0.15) is 27.7 Å². The number of nitrogens with one attached hydrogen (secondary N) is 1. The Hall–Kier alpha value is -0.110. The number of hydrogen-bond acceptors (Lipinski definition) is 1. The van der Waals surface area contributed by atoms with E-state index in [-0.39, 0.29) is 0 Å². The van der Waals surface area contributed by atoms with Gasteiger partial charge in [-0.05, 0) is 13.8 Å². The Bertz CT molecular complexity index is 97.1. The molecule has 0 rings (SSSR count). The quantitative estimate of drug-likeness (QED) is 0.596. The van der Waals surface area contributed by atoms with Crippen molar-refractivity contribution < 1.29 is 0 Å². The van der Waals surface area contributed by atoms with E-state index < -0.39 is 0 Å². The van der Waals surface area contributed by atoms with Gasteiger partial charge in [-0.1, -0.05) is 26.1 Å². The Labute approximate surface area is 62.8 Å². The van der Waals surface area contributed by atoms with Crippen molar-refractivity contribution in [1.82, 2.24) is 5.32 Å². The van der Waals surface area contributed by atoms with Gasteiger partial charge in [0.15, 0.2) is 0 Å². The maximum absolute atomic E-state index is 5.04. The fourth-order valence-corrected chi connectivity index (χ4v) is 0.687. The molecule has 0 saturated carbocycles. The zero-order chi connectivity index (χ0) is 7.44. The number of hydrogen-bond donors (Lipinski definition) is 1. The van der Waals surface area contributed by atoms with Gasteiger partial charge in [0.05, 0.1) is 4.99 Å². The van der Waals surface area contributed by atoms with E-state index in [0.717, 1.165) is 4.99 Å². The average Bonchev–Trinajstić information content (AvgIpc) is 1.63. The summed E-state index contributed by atoms with van der Waals surface area (Å²) in [6.07, 6.45) is 0. The maximum Gasteiger partial charge on any atom is 0.0781 e. The van der Waals surface area contributed by atoms with Crippen molar-refractivity contribution in [2.45, 2.75) is 33.7 Å². The van der Waals surface area contributed by atoms with E-state index in [1.54, 1.807) is 0 Å². The van der Waals surface area contributed by atoms with Crippen molar-refractivity contribution in [3.63, 3.8) is 0 Å². The van der Waals surface area contributed by atoms with Crippen molar-refractivity contribution in [3.8, 4) is 0 Å². The molecule has 1 nitrogen and oxygen atoms in total. The first-order chi connectivity index (χ1) is 4.04. The fraction of sp³-hybridized carbons (Fsp3) is 0.857. The van der Waals surface area contributed by atoms with Crippen LogP contribution in [0.2, 0.25) is 0 Å². The minimum atomic E-state index is 0.472. The lowest BCUT2D eigenvalue weighted by atomic mass is 10.2. The summed E-state index contributed by atoms with van der Waals surface area (Å²) >= 11 is 5.04. The van der Waals surface area contributed by atoms with Crippen LogP contribution < -0.4 is 5.32 Å². The molecule has 0 fully saturated rings. The van der Waals surface area contributed by atoms with Crippen molar-refractivity contribution in [2.24, 2.45) is 5.92 Å². The third-order valence-electron chi connectivity index (χ3n) is 0.955. The normalized spacial score (nSPS) is 10.4. The van der Waals surface area contributed by atoms with Gasteiger partial charge in [-0.25, -0.2) is 0 Å². The van der Waals surface area contributed by atoms with E-state index in [1.807, 2.05) is 0 Å². The van der Waals surface area contributed by atoms with Gasteiger partial charge in [-0.2, -0.15) is 0 Å². The number of thiocarbonyl (C=S) groups is 1. The predicted molar refractivity (Wildman–Crippen MR) is 45.7 cm³/mol. The summed E-state index contributed by atoms with van der Waals surface area (Å²) in [7, 11) is 0. The second-order valence-corrected chi connectivity index (χ2v) is 3.26. The van der Waals surface area contributed by atoms with Gasteiger partial charge in [0.2, 0.25) is 0 Å². The standard InChI is InChI=1S/C7H15NS/c1-5(2)7(9)8-6(3)4/h5-6H,1-4H3,(H,8,9). The molecule has 0 heterocycles. The van der Waals surface area contributed by atoms with Crippen LogP contribution in [0.15, 0.2) is 0 Å². The van der Waals surface area contributed by atoms with Crippen LogP contribution >= 0.6 is 12.2 Å². The highest BCUT2D eigenvalue weighted by Gasteiger charge is 2.01. The Kier molecular flexibility index (Phi) is 3.78. The smallest absolute Gasteiger partial charge is 0.0781 e. The van der Waals surface area contributed by atoms with Gasteiger partial charge in [0, 0.05) is 12.0 Å². The topological polar surface area (TPSA) is 12.0 Å². The Morgan fingerprint density at radius 1 is 1.22 bits per heavy atom. The minimum absolute atomic E-state index is 0.472. The number of rotatable bonds is 2. The van der Waals surface area contributed by atoms with Crippen LogP contribution in [-0.2, 0) is 0 Å². The summed E-state index contributed by atoms with van der Waals surface area (Å²) in [6, 6.07) is 0.472. The lowest BCUT2D eigenvalue weighted by Crippen LogP contribution is -2.31. The SMILES string of the molecule is CC(C)NC(=S)C(C)C. The van der Waals surface area contributed by atoms with E-state index in [0.29, 0.717) is 12.0 Å². The van der Waals surface area contributed by atoms with Gasteiger partial charge in [0.25, 0.3) is 0 Å². The van der Waals surface area contributed by atoms with E-state index in [9.17, 15) is 0 Å².